The quantitative estimate of drug-likeness (QED) is 0.917. The van der Waals surface area contributed by atoms with Gasteiger partial charge in [0, 0.05) is 30.5 Å². The third-order valence-electron chi connectivity index (χ3n) is 2.96. The smallest absolute Gasteiger partial charge is 0.236 e. The van der Waals surface area contributed by atoms with Crippen molar-refractivity contribution in [3.8, 4) is 0 Å². The number of hydrogen-bond acceptors (Lipinski definition) is 3. The molecule has 2 aromatic carbocycles. The lowest BCUT2D eigenvalue weighted by Gasteiger charge is -2.13. The Morgan fingerprint density at radius 3 is 2.24 bits per heavy atom. The first kappa shape index (κ1) is 15.7. The van der Waals surface area contributed by atoms with E-state index in [0.29, 0.717) is 16.3 Å². The molecule has 0 aliphatic heterocycles. The normalized spacial score (nSPS) is 11.2. The van der Waals surface area contributed by atoms with Gasteiger partial charge < -0.3 is 4.90 Å². The van der Waals surface area contributed by atoms with Crippen LogP contribution < -0.4 is 9.62 Å². The van der Waals surface area contributed by atoms with Crippen LogP contribution in [-0.2, 0) is 15.8 Å². The monoisotopic (exact) mass is 324 g/mol. The Morgan fingerprint density at radius 1 is 1.05 bits per heavy atom. The third kappa shape index (κ3) is 4.37. The molecule has 0 atom stereocenters. The topological polar surface area (TPSA) is 49.4 Å². The summed E-state index contributed by atoms with van der Waals surface area (Å²) < 4.78 is 26.9. The second-order valence-corrected chi connectivity index (χ2v) is 7.02. The molecule has 0 radical (unpaired) electrons. The summed E-state index contributed by atoms with van der Waals surface area (Å²) in [4.78, 5) is 1.95. The van der Waals surface area contributed by atoms with Crippen molar-refractivity contribution in [2.24, 2.45) is 0 Å². The first-order valence-electron chi connectivity index (χ1n) is 6.39. The average Bonchev–Trinajstić information content (AvgIpc) is 2.41. The molecule has 0 saturated heterocycles. The fourth-order valence-corrected chi connectivity index (χ4v) is 3.37. The van der Waals surface area contributed by atoms with E-state index in [9.17, 15) is 8.42 Å². The van der Waals surface area contributed by atoms with Crippen molar-refractivity contribution >= 4 is 33.0 Å². The minimum atomic E-state index is -3.49. The van der Waals surface area contributed by atoms with Gasteiger partial charge in [0.25, 0.3) is 0 Å². The first-order chi connectivity index (χ1) is 9.87. The summed E-state index contributed by atoms with van der Waals surface area (Å²) >= 11 is 5.99. The Bertz CT molecular complexity index is 713. The maximum atomic E-state index is 12.2. The SMILES string of the molecule is CN(C)c1ccc(NS(=O)(=O)Cc2ccccc2Cl)cc1. The van der Waals surface area contributed by atoms with Gasteiger partial charge in [-0.05, 0) is 35.9 Å². The molecule has 0 aliphatic carbocycles. The minimum absolute atomic E-state index is 0.151. The lowest BCUT2D eigenvalue weighted by atomic mass is 10.2. The van der Waals surface area contributed by atoms with E-state index in [4.69, 9.17) is 11.6 Å². The van der Waals surface area contributed by atoms with E-state index in [2.05, 4.69) is 4.72 Å². The highest BCUT2D eigenvalue weighted by atomic mass is 35.5. The lowest BCUT2D eigenvalue weighted by molar-refractivity contribution is 0.600. The van der Waals surface area contributed by atoms with Crippen molar-refractivity contribution in [3.05, 3.63) is 59.1 Å². The van der Waals surface area contributed by atoms with Crippen LogP contribution in [0, 0.1) is 0 Å². The second kappa shape index (κ2) is 6.37. The maximum Gasteiger partial charge on any atom is 0.236 e. The van der Waals surface area contributed by atoms with Crippen LogP contribution in [0.1, 0.15) is 5.56 Å². The Hall–Kier alpha value is -1.72. The van der Waals surface area contributed by atoms with E-state index >= 15 is 0 Å². The molecular weight excluding hydrogens is 308 g/mol. The zero-order valence-electron chi connectivity index (χ0n) is 11.9. The highest BCUT2D eigenvalue weighted by Gasteiger charge is 2.13. The predicted octanol–water partition coefficient (Wildman–Crippen LogP) is 3.35. The average molecular weight is 325 g/mol. The summed E-state index contributed by atoms with van der Waals surface area (Å²) in [5, 5.41) is 0.450. The maximum absolute atomic E-state index is 12.2. The minimum Gasteiger partial charge on any atom is -0.378 e. The van der Waals surface area contributed by atoms with E-state index in [0.717, 1.165) is 5.69 Å². The van der Waals surface area contributed by atoms with Crippen molar-refractivity contribution in [2.45, 2.75) is 5.75 Å². The molecule has 4 nitrogen and oxygen atoms in total. The molecule has 0 heterocycles. The van der Waals surface area contributed by atoms with E-state index in [1.165, 1.54) is 0 Å². The van der Waals surface area contributed by atoms with E-state index in [-0.39, 0.29) is 5.75 Å². The van der Waals surface area contributed by atoms with Crippen LogP contribution >= 0.6 is 11.6 Å². The molecule has 2 aromatic rings. The molecule has 112 valence electrons. The predicted molar refractivity (Wildman–Crippen MR) is 88.5 cm³/mol. The molecule has 21 heavy (non-hydrogen) atoms. The summed E-state index contributed by atoms with van der Waals surface area (Å²) in [6.45, 7) is 0. The van der Waals surface area contributed by atoms with Crippen LogP contribution in [-0.4, -0.2) is 22.5 Å². The zero-order valence-corrected chi connectivity index (χ0v) is 13.4. The number of nitrogens with one attached hydrogen (secondary N) is 1. The summed E-state index contributed by atoms with van der Waals surface area (Å²) in [7, 11) is 0.363. The van der Waals surface area contributed by atoms with Crippen molar-refractivity contribution in [2.75, 3.05) is 23.7 Å². The van der Waals surface area contributed by atoms with Gasteiger partial charge in [-0.3, -0.25) is 4.72 Å². The fraction of sp³-hybridized carbons (Fsp3) is 0.200. The standard InChI is InChI=1S/C15H17ClN2O2S/c1-18(2)14-9-7-13(8-10-14)17-21(19,20)11-12-5-3-4-6-15(12)16/h3-10,17H,11H2,1-2H3. The van der Waals surface area contributed by atoms with Crippen LogP contribution in [0.15, 0.2) is 48.5 Å². The van der Waals surface area contributed by atoms with E-state index in [1.807, 2.05) is 31.1 Å². The summed E-state index contributed by atoms with van der Waals surface area (Å²) in [5.74, 6) is -0.151. The molecule has 2 rings (SSSR count). The largest absolute Gasteiger partial charge is 0.378 e. The van der Waals surface area contributed by atoms with Crippen LogP contribution in [0.25, 0.3) is 0 Å². The molecule has 0 aromatic heterocycles. The van der Waals surface area contributed by atoms with Crippen molar-refractivity contribution in [3.63, 3.8) is 0 Å². The van der Waals surface area contributed by atoms with Gasteiger partial charge in [0.2, 0.25) is 10.0 Å². The van der Waals surface area contributed by atoms with E-state index in [1.54, 1.807) is 36.4 Å². The van der Waals surface area contributed by atoms with Gasteiger partial charge >= 0.3 is 0 Å². The number of halogens is 1. The fourth-order valence-electron chi connectivity index (χ4n) is 1.86. The van der Waals surface area contributed by atoms with Gasteiger partial charge in [0.1, 0.15) is 0 Å². The second-order valence-electron chi connectivity index (χ2n) is 4.89. The van der Waals surface area contributed by atoms with Gasteiger partial charge in [-0.25, -0.2) is 8.42 Å². The lowest BCUT2D eigenvalue weighted by Crippen LogP contribution is -2.15. The number of nitrogens with zero attached hydrogens (tertiary/aromatic N) is 1. The molecule has 0 saturated carbocycles. The first-order valence-corrected chi connectivity index (χ1v) is 8.42. The zero-order chi connectivity index (χ0) is 15.5. The molecule has 0 aliphatic rings. The van der Waals surface area contributed by atoms with Crippen LogP contribution in [0.3, 0.4) is 0 Å². The number of benzene rings is 2. The molecule has 6 heteroatoms. The molecule has 0 bridgehead atoms. The number of anilines is 2. The van der Waals surface area contributed by atoms with Crippen LogP contribution in [0.2, 0.25) is 5.02 Å². The van der Waals surface area contributed by atoms with Gasteiger partial charge in [-0.1, -0.05) is 29.8 Å². The van der Waals surface area contributed by atoms with Crippen LogP contribution in [0.5, 0.6) is 0 Å². The van der Waals surface area contributed by atoms with Crippen molar-refractivity contribution in [1.29, 1.82) is 0 Å². The van der Waals surface area contributed by atoms with Gasteiger partial charge in [0.05, 0.1) is 5.75 Å². The van der Waals surface area contributed by atoms with Gasteiger partial charge in [0.15, 0.2) is 0 Å². The number of sulfonamides is 1. The van der Waals surface area contributed by atoms with Crippen LogP contribution in [0.4, 0.5) is 11.4 Å². The molecule has 0 amide bonds. The number of hydrogen-bond donors (Lipinski definition) is 1. The third-order valence-corrected chi connectivity index (χ3v) is 4.57. The Labute approximate surface area is 130 Å². The van der Waals surface area contributed by atoms with Gasteiger partial charge in [-0.2, -0.15) is 0 Å². The molecule has 0 unspecified atom stereocenters. The van der Waals surface area contributed by atoms with Crippen molar-refractivity contribution in [1.82, 2.24) is 0 Å². The molecule has 0 spiro atoms. The molecule has 1 N–H and O–H groups in total. The Morgan fingerprint density at radius 2 is 1.67 bits per heavy atom. The number of rotatable bonds is 5. The summed E-state index contributed by atoms with van der Waals surface area (Å²) in [6.07, 6.45) is 0. The van der Waals surface area contributed by atoms with Gasteiger partial charge in [-0.15, -0.1) is 0 Å². The highest BCUT2D eigenvalue weighted by molar-refractivity contribution is 7.91. The summed E-state index contributed by atoms with van der Waals surface area (Å²) in [6, 6.07) is 14.1. The Balaban J connectivity index is 2.12. The molecular formula is C15H17ClN2O2S. The van der Waals surface area contributed by atoms with E-state index < -0.39 is 10.0 Å². The van der Waals surface area contributed by atoms with Crippen molar-refractivity contribution < 1.29 is 8.42 Å². The summed E-state index contributed by atoms with van der Waals surface area (Å²) in [5.41, 5.74) is 2.12. The molecule has 0 fully saturated rings. The highest BCUT2D eigenvalue weighted by Crippen LogP contribution is 2.20. The Kier molecular flexibility index (Phi) is 4.75.